The molecule has 2 aliphatic rings. The number of aliphatic hydroxyl groups excluding tert-OH is 1. The Labute approximate surface area is 239 Å². The van der Waals surface area contributed by atoms with E-state index in [0.717, 1.165) is 29.0 Å². The summed E-state index contributed by atoms with van der Waals surface area (Å²) >= 11 is 7.76. The van der Waals surface area contributed by atoms with Gasteiger partial charge in [0.05, 0.1) is 42.0 Å². The van der Waals surface area contributed by atoms with Crippen LogP contribution in [-0.2, 0) is 27.4 Å². The number of benzene rings is 2. The zero-order valence-electron chi connectivity index (χ0n) is 22.4. The molecule has 0 spiro atoms. The highest BCUT2D eigenvalue weighted by molar-refractivity contribution is 8.14. The number of carbonyl (C=O) groups is 2. The molecule has 1 unspecified atom stereocenters. The fraction of sp³-hybridized carbons (Fsp3) is 0.483. The number of thioether (sulfide) groups is 1. The van der Waals surface area contributed by atoms with Crippen LogP contribution in [0.3, 0.4) is 0 Å². The third kappa shape index (κ3) is 7.41. The molecule has 2 heterocycles. The van der Waals surface area contributed by atoms with Crippen molar-refractivity contribution >= 4 is 40.2 Å². The number of likely N-dealkylation sites (tertiary alicyclic amines) is 1. The van der Waals surface area contributed by atoms with E-state index in [4.69, 9.17) is 27.1 Å². The van der Waals surface area contributed by atoms with Crippen molar-refractivity contribution in [2.45, 2.75) is 69.5 Å². The van der Waals surface area contributed by atoms with Crippen LogP contribution in [0.15, 0.2) is 59.6 Å². The van der Waals surface area contributed by atoms with Gasteiger partial charge in [0.1, 0.15) is 6.04 Å². The summed E-state index contributed by atoms with van der Waals surface area (Å²) in [6.45, 7) is 4.15. The monoisotopic (exact) mass is 572 g/mol. The molecule has 0 bridgehead atoms. The van der Waals surface area contributed by atoms with Crippen LogP contribution in [0, 0.1) is 0 Å². The molecule has 10 heteroatoms. The van der Waals surface area contributed by atoms with E-state index >= 15 is 0 Å². The molecule has 39 heavy (non-hydrogen) atoms. The number of ether oxygens (including phenoxy) is 1. The quantitative estimate of drug-likeness (QED) is 0.381. The van der Waals surface area contributed by atoms with Crippen molar-refractivity contribution < 1.29 is 19.4 Å². The molecular weight excluding hydrogens is 536 g/mol. The van der Waals surface area contributed by atoms with E-state index in [1.54, 1.807) is 30.5 Å². The molecule has 2 amide bonds. The number of rotatable bonds is 11. The average Bonchev–Trinajstić information content (AvgIpc) is 3.58. The van der Waals surface area contributed by atoms with Crippen molar-refractivity contribution in [3.05, 3.63) is 70.7 Å². The summed E-state index contributed by atoms with van der Waals surface area (Å²) in [5.41, 5.74) is 7.13. The highest BCUT2D eigenvalue weighted by Crippen LogP contribution is 2.36. The topological polar surface area (TPSA) is 117 Å². The van der Waals surface area contributed by atoms with Gasteiger partial charge in [0.15, 0.2) is 0 Å². The van der Waals surface area contributed by atoms with Gasteiger partial charge in [-0.15, -0.1) is 11.8 Å². The number of halogens is 1. The molecule has 0 aromatic heterocycles. The Morgan fingerprint density at radius 1 is 1.23 bits per heavy atom. The molecule has 210 valence electrons. The van der Waals surface area contributed by atoms with E-state index in [1.165, 1.54) is 0 Å². The van der Waals surface area contributed by atoms with E-state index in [1.807, 2.05) is 54.6 Å². The zero-order valence-corrected chi connectivity index (χ0v) is 24.0. The second kappa shape index (κ2) is 13.3. The summed E-state index contributed by atoms with van der Waals surface area (Å²) in [5, 5.41) is 14.6. The smallest absolute Gasteiger partial charge is 0.248 e. The minimum absolute atomic E-state index is 0.103. The predicted molar refractivity (Wildman–Crippen MR) is 156 cm³/mol. The highest BCUT2D eigenvalue weighted by atomic mass is 35.5. The normalized spacial score (nSPS) is 23.3. The first-order valence-corrected chi connectivity index (χ1v) is 14.7. The number of amides is 2. The molecule has 2 aromatic carbocycles. The molecule has 8 nitrogen and oxygen atoms in total. The van der Waals surface area contributed by atoms with Crippen LogP contribution in [0.1, 0.15) is 37.8 Å². The average molecular weight is 573 g/mol. The Morgan fingerprint density at radius 2 is 1.97 bits per heavy atom. The molecule has 1 saturated heterocycles. The summed E-state index contributed by atoms with van der Waals surface area (Å²) in [4.78, 5) is 33.3. The number of hydrogen-bond donors (Lipinski definition) is 3. The first kappa shape index (κ1) is 29.6. The summed E-state index contributed by atoms with van der Waals surface area (Å²) in [6, 6.07) is 15.4. The Kier molecular flexibility index (Phi) is 10.1. The SMILES string of the molecule is C[C@H](N)C(=O)N[C@H](C(=O)N1CCCC1C1=N[C@](CO)(Cc2cccc(Cl)c2)CS1)[C@@H](C)OCc1ccccc1. The number of hydrogen-bond acceptors (Lipinski definition) is 7. The van der Waals surface area contributed by atoms with Gasteiger partial charge in [-0.25, -0.2) is 0 Å². The van der Waals surface area contributed by atoms with E-state index in [0.29, 0.717) is 30.3 Å². The first-order chi connectivity index (χ1) is 18.7. The van der Waals surface area contributed by atoms with Crippen LogP contribution in [-0.4, -0.2) is 75.5 Å². The number of nitrogens with one attached hydrogen (secondary N) is 1. The molecule has 4 N–H and O–H groups in total. The lowest BCUT2D eigenvalue weighted by Crippen LogP contribution is -2.58. The first-order valence-electron chi connectivity index (χ1n) is 13.3. The lowest BCUT2D eigenvalue weighted by Gasteiger charge is -2.32. The standard InChI is InChI=1S/C29H37ClN4O4S/c1-19(31)26(36)32-25(20(2)38-16-21-8-4-3-5-9-21)28(37)34-13-7-12-24(34)27-33-29(17-35,18-39-27)15-22-10-6-11-23(30)14-22/h3-6,8-11,14,19-20,24-25,35H,7,12-13,15-18,31H2,1-2H3,(H,32,36)/t19-,20+,24?,25-,29-/m0/s1. The molecule has 5 atom stereocenters. The van der Waals surface area contributed by atoms with Crippen molar-refractivity contribution in [1.82, 2.24) is 10.2 Å². The van der Waals surface area contributed by atoms with Gasteiger partial charge in [0.2, 0.25) is 11.8 Å². The largest absolute Gasteiger partial charge is 0.394 e. The van der Waals surface area contributed by atoms with E-state index < -0.39 is 29.6 Å². The van der Waals surface area contributed by atoms with Gasteiger partial charge in [0.25, 0.3) is 0 Å². The number of carbonyl (C=O) groups excluding carboxylic acids is 2. The van der Waals surface area contributed by atoms with Gasteiger partial charge in [-0.1, -0.05) is 54.1 Å². The lowest BCUT2D eigenvalue weighted by atomic mass is 9.94. The molecule has 0 saturated carbocycles. The third-order valence-corrected chi connectivity index (χ3v) is 8.75. The summed E-state index contributed by atoms with van der Waals surface area (Å²) < 4.78 is 6.06. The van der Waals surface area contributed by atoms with Crippen LogP contribution in [0.2, 0.25) is 5.02 Å². The van der Waals surface area contributed by atoms with Crippen LogP contribution in [0.5, 0.6) is 0 Å². The van der Waals surface area contributed by atoms with E-state index in [-0.39, 0.29) is 18.6 Å². The van der Waals surface area contributed by atoms with Crippen molar-refractivity contribution in [2.24, 2.45) is 10.7 Å². The number of nitrogens with zero attached hydrogens (tertiary/aromatic N) is 2. The van der Waals surface area contributed by atoms with Crippen molar-refractivity contribution in [2.75, 3.05) is 18.9 Å². The molecule has 1 fully saturated rings. The van der Waals surface area contributed by atoms with Crippen LogP contribution in [0.4, 0.5) is 0 Å². The maximum atomic E-state index is 13.9. The lowest BCUT2D eigenvalue weighted by molar-refractivity contribution is -0.141. The maximum Gasteiger partial charge on any atom is 0.248 e. The number of aliphatic imine (C=N–C) groups is 1. The van der Waals surface area contributed by atoms with E-state index in [2.05, 4.69) is 5.32 Å². The second-order valence-corrected chi connectivity index (χ2v) is 11.8. The summed E-state index contributed by atoms with van der Waals surface area (Å²) in [6.07, 6.45) is 1.56. The molecule has 2 aromatic rings. The molecule has 0 radical (unpaired) electrons. The van der Waals surface area contributed by atoms with Crippen molar-refractivity contribution in [3.8, 4) is 0 Å². The van der Waals surface area contributed by atoms with Crippen molar-refractivity contribution in [1.29, 1.82) is 0 Å². The van der Waals surface area contributed by atoms with Crippen LogP contribution >= 0.6 is 23.4 Å². The van der Waals surface area contributed by atoms with Gasteiger partial charge in [-0.3, -0.25) is 14.6 Å². The Balaban J connectivity index is 1.52. The van der Waals surface area contributed by atoms with Crippen LogP contribution in [0.25, 0.3) is 0 Å². The minimum Gasteiger partial charge on any atom is -0.394 e. The van der Waals surface area contributed by atoms with Gasteiger partial charge in [-0.05, 0) is 49.9 Å². The molecule has 0 aliphatic carbocycles. The Bertz CT molecular complexity index is 1180. The van der Waals surface area contributed by atoms with E-state index in [9.17, 15) is 14.7 Å². The summed E-state index contributed by atoms with van der Waals surface area (Å²) in [7, 11) is 0. The highest BCUT2D eigenvalue weighted by Gasteiger charge is 2.43. The fourth-order valence-corrected chi connectivity index (χ4v) is 6.54. The Morgan fingerprint density at radius 3 is 2.67 bits per heavy atom. The third-order valence-electron chi connectivity index (χ3n) is 7.18. The predicted octanol–water partition coefficient (Wildman–Crippen LogP) is 3.19. The van der Waals surface area contributed by atoms with Gasteiger partial charge >= 0.3 is 0 Å². The van der Waals surface area contributed by atoms with Gasteiger partial charge in [-0.2, -0.15) is 0 Å². The number of aliphatic hydroxyl groups is 1. The van der Waals surface area contributed by atoms with Gasteiger partial charge < -0.3 is 25.8 Å². The Hall–Kier alpha value is -2.43. The minimum atomic E-state index is -0.895. The van der Waals surface area contributed by atoms with Gasteiger partial charge in [0, 0.05) is 23.7 Å². The molecule has 2 aliphatic heterocycles. The number of nitrogens with two attached hydrogens (primary N) is 1. The van der Waals surface area contributed by atoms with Crippen molar-refractivity contribution in [3.63, 3.8) is 0 Å². The fourth-order valence-electron chi connectivity index (χ4n) is 4.96. The zero-order chi connectivity index (χ0) is 28.0. The maximum absolute atomic E-state index is 13.9. The molecule has 4 rings (SSSR count). The summed E-state index contributed by atoms with van der Waals surface area (Å²) in [5.74, 6) is -0.00920. The second-order valence-electron chi connectivity index (χ2n) is 10.4. The van der Waals surface area contributed by atoms with Crippen LogP contribution < -0.4 is 11.1 Å². The molecular formula is C29H37ClN4O4S.